The maximum Gasteiger partial charge on any atom is 0.143 e. The highest BCUT2D eigenvalue weighted by Gasteiger charge is 2.03. The van der Waals surface area contributed by atoms with Crippen LogP contribution in [0.5, 0.6) is 5.75 Å². The SMILES string of the molecule is COc1cc(C#N)ccc1NCCCF. The van der Waals surface area contributed by atoms with Gasteiger partial charge in [0, 0.05) is 12.6 Å². The smallest absolute Gasteiger partial charge is 0.143 e. The van der Waals surface area contributed by atoms with E-state index in [1.54, 1.807) is 18.2 Å². The summed E-state index contributed by atoms with van der Waals surface area (Å²) in [7, 11) is 1.54. The van der Waals surface area contributed by atoms with Crippen molar-refractivity contribution in [3.8, 4) is 11.8 Å². The summed E-state index contributed by atoms with van der Waals surface area (Å²) in [5.74, 6) is 0.605. The number of nitrogens with one attached hydrogen (secondary N) is 1. The molecule has 0 aliphatic rings. The van der Waals surface area contributed by atoms with Crippen LogP contribution in [0.1, 0.15) is 12.0 Å². The number of ether oxygens (including phenoxy) is 1. The van der Waals surface area contributed by atoms with Gasteiger partial charge in [0.05, 0.1) is 31.1 Å². The highest BCUT2D eigenvalue weighted by Crippen LogP contribution is 2.25. The lowest BCUT2D eigenvalue weighted by Gasteiger charge is -2.10. The molecule has 0 atom stereocenters. The van der Waals surface area contributed by atoms with Crippen molar-refractivity contribution < 1.29 is 9.13 Å². The molecule has 0 spiro atoms. The van der Waals surface area contributed by atoms with Crippen molar-refractivity contribution in [1.82, 2.24) is 0 Å². The van der Waals surface area contributed by atoms with E-state index in [1.807, 2.05) is 6.07 Å². The van der Waals surface area contributed by atoms with Crippen LogP contribution in [0.4, 0.5) is 10.1 Å². The molecule has 0 aliphatic carbocycles. The largest absolute Gasteiger partial charge is 0.495 e. The minimum Gasteiger partial charge on any atom is -0.495 e. The number of methoxy groups -OCH3 is 1. The number of hydrogen-bond acceptors (Lipinski definition) is 3. The van der Waals surface area contributed by atoms with Crippen LogP contribution in [0, 0.1) is 11.3 Å². The zero-order chi connectivity index (χ0) is 11.1. The molecule has 0 heterocycles. The van der Waals surface area contributed by atoms with Crippen molar-refractivity contribution in [2.24, 2.45) is 0 Å². The summed E-state index contributed by atoms with van der Waals surface area (Å²) in [6.45, 7) is 0.213. The van der Waals surface area contributed by atoms with Gasteiger partial charge in [-0.1, -0.05) is 0 Å². The second-order valence-corrected chi connectivity index (χ2v) is 3.00. The number of alkyl halides is 1. The predicted octanol–water partition coefficient (Wildman–Crippen LogP) is 2.34. The normalized spacial score (nSPS) is 9.40. The Kier molecular flexibility index (Phi) is 4.42. The van der Waals surface area contributed by atoms with E-state index in [0.717, 1.165) is 5.69 Å². The summed E-state index contributed by atoms with van der Waals surface area (Å²) >= 11 is 0. The zero-order valence-corrected chi connectivity index (χ0v) is 8.59. The van der Waals surface area contributed by atoms with Gasteiger partial charge in [0.2, 0.25) is 0 Å². The average Bonchev–Trinajstić information content (AvgIpc) is 2.29. The second kappa shape index (κ2) is 5.86. The van der Waals surface area contributed by atoms with Crippen LogP contribution in [0.3, 0.4) is 0 Å². The first kappa shape index (κ1) is 11.3. The highest BCUT2D eigenvalue weighted by molar-refractivity contribution is 5.59. The van der Waals surface area contributed by atoms with Crippen molar-refractivity contribution in [2.45, 2.75) is 6.42 Å². The van der Waals surface area contributed by atoms with E-state index in [1.165, 1.54) is 7.11 Å². The summed E-state index contributed by atoms with van der Waals surface area (Å²) in [5.41, 5.74) is 1.33. The molecule has 1 aromatic rings. The highest BCUT2D eigenvalue weighted by atomic mass is 19.1. The molecule has 0 bridgehead atoms. The molecule has 0 aliphatic heterocycles. The Morgan fingerprint density at radius 2 is 2.33 bits per heavy atom. The molecule has 0 unspecified atom stereocenters. The molecule has 0 aromatic heterocycles. The Labute approximate surface area is 88.5 Å². The van der Waals surface area contributed by atoms with E-state index < -0.39 is 0 Å². The molecular formula is C11H13FN2O. The van der Waals surface area contributed by atoms with Crippen molar-refractivity contribution >= 4 is 5.69 Å². The number of halogens is 1. The quantitative estimate of drug-likeness (QED) is 0.755. The van der Waals surface area contributed by atoms with E-state index in [-0.39, 0.29) is 6.67 Å². The molecule has 1 N–H and O–H groups in total. The van der Waals surface area contributed by atoms with Crippen molar-refractivity contribution in [1.29, 1.82) is 5.26 Å². The van der Waals surface area contributed by atoms with Crippen LogP contribution in [0.15, 0.2) is 18.2 Å². The maximum absolute atomic E-state index is 11.9. The summed E-state index contributed by atoms with van der Waals surface area (Å²) < 4.78 is 17.0. The van der Waals surface area contributed by atoms with Gasteiger partial charge in [0.15, 0.2) is 0 Å². The lowest BCUT2D eigenvalue weighted by atomic mass is 10.2. The molecule has 4 heteroatoms. The summed E-state index contributed by atoms with van der Waals surface area (Å²) in [6.07, 6.45) is 0.461. The van der Waals surface area contributed by atoms with Gasteiger partial charge in [-0.15, -0.1) is 0 Å². The Hall–Kier alpha value is -1.76. The third-order valence-electron chi connectivity index (χ3n) is 1.96. The third kappa shape index (κ3) is 3.13. The average molecular weight is 208 g/mol. The number of rotatable bonds is 5. The van der Waals surface area contributed by atoms with Crippen LogP contribution in [-0.2, 0) is 0 Å². The Morgan fingerprint density at radius 3 is 2.93 bits per heavy atom. The van der Waals surface area contributed by atoms with E-state index in [2.05, 4.69) is 5.32 Å². The minimum absolute atomic E-state index is 0.342. The molecule has 15 heavy (non-hydrogen) atoms. The number of benzene rings is 1. The Morgan fingerprint density at radius 1 is 1.53 bits per heavy atom. The van der Waals surface area contributed by atoms with Crippen LogP contribution in [0.25, 0.3) is 0 Å². The monoisotopic (exact) mass is 208 g/mol. The third-order valence-corrected chi connectivity index (χ3v) is 1.96. The fraction of sp³-hybridized carbons (Fsp3) is 0.364. The molecule has 0 radical (unpaired) electrons. The molecule has 0 saturated carbocycles. The minimum atomic E-state index is -0.342. The second-order valence-electron chi connectivity index (χ2n) is 3.00. The standard InChI is InChI=1S/C11H13FN2O/c1-15-11-7-9(8-13)3-4-10(11)14-6-2-5-12/h3-4,7,14H,2,5-6H2,1H3. The fourth-order valence-corrected chi connectivity index (χ4v) is 1.20. The number of nitriles is 1. The first-order valence-corrected chi connectivity index (χ1v) is 4.69. The lowest BCUT2D eigenvalue weighted by Crippen LogP contribution is -2.03. The van der Waals surface area contributed by atoms with Crippen molar-refractivity contribution in [2.75, 3.05) is 25.6 Å². The lowest BCUT2D eigenvalue weighted by molar-refractivity contribution is 0.416. The van der Waals surface area contributed by atoms with E-state index in [4.69, 9.17) is 10.00 Å². The van der Waals surface area contributed by atoms with Gasteiger partial charge in [-0.3, -0.25) is 4.39 Å². The van der Waals surface area contributed by atoms with Gasteiger partial charge in [-0.25, -0.2) is 0 Å². The number of hydrogen-bond donors (Lipinski definition) is 1. The molecule has 80 valence electrons. The van der Waals surface area contributed by atoms with Gasteiger partial charge in [0.1, 0.15) is 5.75 Å². The predicted molar refractivity (Wildman–Crippen MR) is 56.8 cm³/mol. The summed E-state index contributed by atoms with van der Waals surface area (Å²) in [6, 6.07) is 7.13. The Bertz CT molecular complexity index is 360. The van der Waals surface area contributed by atoms with Crippen LogP contribution >= 0.6 is 0 Å². The number of anilines is 1. The van der Waals surface area contributed by atoms with Crippen molar-refractivity contribution in [3.63, 3.8) is 0 Å². The van der Waals surface area contributed by atoms with E-state index >= 15 is 0 Å². The molecule has 3 nitrogen and oxygen atoms in total. The molecular weight excluding hydrogens is 195 g/mol. The Balaban J connectivity index is 2.75. The molecule has 0 amide bonds. The maximum atomic E-state index is 11.9. The summed E-state index contributed by atoms with van der Waals surface area (Å²) in [4.78, 5) is 0. The topological polar surface area (TPSA) is 45.0 Å². The van der Waals surface area contributed by atoms with Crippen LogP contribution < -0.4 is 10.1 Å². The molecule has 0 fully saturated rings. The zero-order valence-electron chi connectivity index (χ0n) is 8.59. The van der Waals surface area contributed by atoms with Crippen molar-refractivity contribution in [3.05, 3.63) is 23.8 Å². The first-order valence-electron chi connectivity index (χ1n) is 4.69. The van der Waals surface area contributed by atoms with Gasteiger partial charge < -0.3 is 10.1 Å². The van der Waals surface area contributed by atoms with Gasteiger partial charge in [-0.05, 0) is 18.6 Å². The van der Waals surface area contributed by atoms with Crippen LogP contribution in [0.2, 0.25) is 0 Å². The first-order chi connectivity index (χ1) is 7.31. The van der Waals surface area contributed by atoms with E-state index in [9.17, 15) is 4.39 Å². The number of nitrogens with zero attached hydrogens (tertiary/aromatic N) is 1. The van der Waals surface area contributed by atoms with Crippen LogP contribution in [-0.4, -0.2) is 20.3 Å². The summed E-state index contributed by atoms with van der Waals surface area (Å²) in [5, 5.41) is 11.7. The van der Waals surface area contributed by atoms with Gasteiger partial charge >= 0.3 is 0 Å². The molecule has 1 rings (SSSR count). The molecule has 0 saturated heterocycles. The van der Waals surface area contributed by atoms with Gasteiger partial charge in [0.25, 0.3) is 0 Å². The van der Waals surface area contributed by atoms with E-state index in [0.29, 0.717) is 24.3 Å². The fourth-order valence-electron chi connectivity index (χ4n) is 1.20. The molecule has 1 aromatic carbocycles. The van der Waals surface area contributed by atoms with Gasteiger partial charge in [-0.2, -0.15) is 5.26 Å².